The van der Waals surface area contributed by atoms with Gasteiger partial charge >= 0.3 is 0 Å². The predicted molar refractivity (Wildman–Crippen MR) is 134 cm³/mol. The van der Waals surface area contributed by atoms with Gasteiger partial charge in [-0.25, -0.2) is 0 Å². The fourth-order valence-electron chi connectivity index (χ4n) is 4.07. The molecule has 0 spiro atoms. The minimum Gasteiger partial charge on any atom is -0.421 e. The number of hydrogen-bond donors (Lipinski definition) is 0. The summed E-state index contributed by atoms with van der Waals surface area (Å²) in [5, 5.41) is 0. The van der Waals surface area contributed by atoms with E-state index < -0.39 is 0 Å². The summed E-state index contributed by atoms with van der Waals surface area (Å²) in [6.07, 6.45) is 9.34. The highest BCUT2D eigenvalue weighted by molar-refractivity contribution is 6.27. The normalized spacial score (nSPS) is 12.6. The van der Waals surface area contributed by atoms with Gasteiger partial charge in [-0.15, -0.1) is 0 Å². The third-order valence-corrected chi connectivity index (χ3v) is 7.50. The Morgan fingerprint density at radius 2 is 1.03 bits per heavy atom. The van der Waals surface area contributed by atoms with E-state index in [-0.39, 0.29) is 9.76 Å². The van der Waals surface area contributed by atoms with E-state index in [9.17, 15) is 0 Å². The van der Waals surface area contributed by atoms with Crippen molar-refractivity contribution in [1.29, 1.82) is 0 Å². The lowest BCUT2D eigenvalue weighted by Crippen LogP contribution is -2.34. The third-order valence-electron chi connectivity index (χ3n) is 6.00. The molecule has 5 heteroatoms. The fourth-order valence-corrected chi connectivity index (χ4v) is 5.47. The molecular weight excluding hydrogens is 374 g/mol. The van der Waals surface area contributed by atoms with E-state index in [2.05, 4.69) is 56.2 Å². The molecule has 176 valence electrons. The van der Waals surface area contributed by atoms with Gasteiger partial charge in [0.1, 0.15) is 0 Å². The van der Waals surface area contributed by atoms with Crippen LogP contribution in [0.5, 0.6) is 0 Å². The average Bonchev–Trinajstić information content (AvgIpc) is 2.74. The summed E-state index contributed by atoms with van der Waals surface area (Å²) in [4.78, 5) is 7.95. The summed E-state index contributed by atoms with van der Waals surface area (Å²) >= 11 is 0. The van der Waals surface area contributed by atoms with Gasteiger partial charge in [0, 0.05) is 6.10 Å². The van der Waals surface area contributed by atoms with E-state index in [0.717, 1.165) is 0 Å². The Morgan fingerprint density at radius 1 is 0.586 bits per heavy atom. The molecule has 0 saturated heterocycles. The summed E-state index contributed by atoms with van der Waals surface area (Å²) < 4.78 is 6.14. The van der Waals surface area contributed by atoms with Gasteiger partial charge in [-0.3, -0.25) is 0 Å². The highest BCUT2D eigenvalue weighted by Gasteiger charge is 2.09. The molecule has 0 radical (unpaired) electrons. The maximum absolute atomic E-state index is 6.14. The van der Waals surface area contributed by atoms with Crippen LogP contribution >= 0.6 is 0 Å². The summed E-state index contributed by atoms with van der Waals surface area (Å²) in [6.45, 7) is 24.8. The van der Waals surface area contributed by atoms with Crippen molar-refractivity contribution in [3.05, 3.63) is 0 Å². The zero-order valence-corrected chi connectivity index (χ0v) is 22.5. The molecule has 0 saturated carbocycles. The van der Waals surface area contributed by atoms with E-state index in [4.69, 9.17) is 4.43 Å². The average molecular weight is 430 g/mol. The molecule has 0 heterocycles. The maximum Gasteiger partial charge on any atom is 0.162 e. The van der Waals surface area contributed by atoms with Crippen molar-refractivity contribution >= 4 is 9.76 Å². The van der Waals surface area contributed by atoms with Crippen molar-refractivity contribution in [2.75, 3.05) is 58.9 Å². The van der Waals surface area contributed by atoms with Gasteiger partial charge in [0.25, 0.3) is 0 Å². The van der Waals surface area contributed by atoms with E-state index >= 15 is 0 Å². The van der Waals surface area contributed by atoms with Crippen molar-refractivity contribution in [3.63, 3.8) is 0 Å². The molecule has 0 bridgehead atoms. The van der Waals surface area contributed by atoms with Crippen molar-refractivity contribution in [2.24, 2.45) is 0 Å². The van der Waals surface area contributed by atoms with Gasteiger partial charge in [0.15, 0.2) is 9.76 Å². The molecule has 0 atom stereocenters. The zero-order chi connectivity index (χ0) is 21.7. The van der Waals surface area contributed by atoms with Crippen LogP contribution in [0.25, 0.3) is 0 Å². The standard InChI is InChI=1S/C24H55N3OSi/c1-7-16-25(11-5)18-13-20-27(21-14-19-26(12-6)17-8-2)22-15-23-29-28-24(9-3)10-4/h24H,7-23,29H2,1-6H3. The number of hydrogen-bond acceptors (Lipinski definition) is 4. The maximum atomic E-state index is 6.14. The molecule has 4 nitrogen and oxygen atoms in total. The Balaban J connectivity index is 4.28. The monoisotopic (exact) mass is 429 g/mol. The first-order valence-corrected chi connectivity index (χ1v) is 14.5. The van der Waals surface area contributed by atoms with Crippen LogP contribution < -0.4 is 0 Å². The zero-order valence-electron chi connectivity index (χ0n) is 21.1. The van der Waals surface area contributed by atoms with E-state index in [1.807, 2.05) is 0 Å². The first-order chi connectivity index (χ1) is 14.1. The Bertz CT molecular complexity index is 309. The summed E-state index contributed by atoms with van der Waals surface area (Å²) in [6, 6.07) is 1.33. The van der Waals surface area contributed by atoms with Crippen LogP contribution in [0, 0.1) is 0 Å². The largest absolute Gasteiger partial charge is 0.421 e. The second kappa shape index (κ2) is 21.3. The summed E-state index contributed by atoms with van der Waals surface area (Å²) in [7, 11) is -0.330. The topological polar surface area (TPSA) is 19.0 Å². The van der Waals surface area contributed by atoms with Crippen LogP contribution in [0.2, 0.25) is 6.04 Å². The van der Waals surface area contributed by atoms with Crippen molar-refractivity contribution in [2.45, 2.75) is 98.6 Å². The minimum atomic E-state index is -0.330. The minimum absolute atomic E-state index is 0.330. The van der Waals surface area contributed by atoms with E-state index in [0.29, 0.717) is 6.10 Å². The van der Waals surface area contributed by atoms with Crippen molar-refractivity contribution in [3.8, 4) is 0 Å². The molecule has 0 amide bonds. The highest BCUT2D eigenvalue weighted by Crippen LogP contribution is 2.06. The van der Waals surface area contributed by atoms with Crippen LogP contribution in [0.4, 0.5) is 0 Å². The van der Waals surface area contributed by atoms with Crippen LogP contribution in [0.15, 0.2) is 0 Å². The predicted octanol–water partition coefficient (Wildman–Crippen LogP) is 4.63. The first-order valence-electron chi connectivity index (χ1n) is 12.9. The molecule has 0 aliphatic carbocycles. The van der Waals surface area contributed by atoms with Crippen molar-refractivity contribution in [1.82, 2.24) is 14.7 Å². The third kappa shape index (κ3) is 16.4. The van der Waals surface area contributed by atoms with Crippen LogP contribution in [0.3, 0.4) is 0 Å². The quantitative estimate of drug-likeness (QED) is 0.184. The Kier molecular flexibility index (Phi) is 21.3. The molecule has 0 unspecified atom stereocenters. The number of rotatable bonds is 22. The Morgan fingerprint density at radius 3 is 1.45 bits per heavy atom. The lowest BCUT2D eigenvalue weighted by Gasteiger charge is -2.26. The smallest absolute Gasteiger partial charge is 0.162 e. The van der Waals surface area contributed by atoms with Crippen LogP contribution in [0.1, 0.15) is 86.5 Å². The lowest BCUT2D eigenvalue weighted by molar-refractivity contribution is 0.198. The highest BCUT2D eigenvalue weighted by atomic mass is 28.2. The molecule has 0 aliphatic rings. The molecule has 0 rings (SSSR count). The SMILES string of the molecule is CCCN(CC)CCCN(CCC[SiH2]OC(CC)CC)CCCN(CC)CCC. The van der Waals surface area contributed by atoms with E-state index in [1.54, 1.807) is 0 Å². The van der Waals surface area contributed by atoms with Gasteiger partial charge in [0.05, 0.1) is 0 Å². The number of nitrogens with zero attached hydrogens (tertiary/aromatic N) is 3. The summed E-state index contributed by atoms with van der Waals surface area (Å²) in [5.41, 5.74) is 0. The Labute approximate surface area is 186 Å². The van der Waals surface area contributed by atoms with Crippen LogP contribution in [-0.4, -0.2) is 89.5 Å². The van der Waals surface area contributed by atoms with Gasteiger partial charge in [-0.05, 0) is 110 Å². The van der Waals surface area contributed by atoms with Gasteiger partial charge < -0.3 is 19.1 Å². The van der Waals surface area contributed by atoms with Gasteiger partial charge in [-0.1, -0.05) is 41.5 Å². The molecule has 0 aromatic rings. The Hall–Kier alpha value is 0.0569. The molecule has 0 aromatic carbocycles. The second-order valence-corrected chi connectivity index (χ2v) is 9.88. The molecular formula is C24H55N3OSi. The van der Waals surface area contributed by atoms with Gasteiger partial charge in [-0.2, -0.15) is 0 Å². The first kappa shape index (κ1) is 29.1. The van der Waals surface area contributed by atoms with E-state index in [1.165, 1.54) is 110 Å². The summed E-state index contributed by atoms with van der Waals surface area (Å²) in [5.74, 6) is 0. The molecule has 0 aliphatic heterocycles. The fraction of sp³-hybridized carbons (Fsp3) is 1.00. The van der Waals surface area contributed by atoms with Crippen LogP contribution in [-0.2, 0) is 4.43 Å². The second-order valence-electron chi connectivity index (χ2n) is 8.43. The molecule has 0 N–H and O–H groups in total. The lowest BCUT2D eigenvalue weighted by atomic mass is 10.2. The molecule has 29 heavy (non-hydrogen) atoms. The molecule has 0 fully saturated rings. The van der Waals surface area contributed by atoms with Crippen molar-refractivity contribution < 1.29 is 4.43 Å². The van der Waals surface area contributed by atoms with Gasteiger partial charge in [0.2, 0.25) is 0 Å². The molecule has 0 aromatic heterocycles.